The minimum absolute atomic E-state index is 0.320. The lowest BCUT2D eigenvalue weighted by molar-refractivity contribution is -0.138. The van der Waals surface area contributed by atoms with Crippen molar-refractivity contribution in [2.24, 2.45) is 11.5 Å². The smallest absolute Gasteiger partial charge is 0.320 e. The quantitative estimate of drug-likeness (QED) is 0.354. The van der Waals surface area contributed by atoms with Crippen molar-refractivity contribution in [3.05, 3.63) is 0 Å². The summed E-state index contributed by atoms with van der Waals surface area (Å²) in [5, 5.41) is 18.2. The summed E-state index contributed by atoms with van der Waals surface area (Å²) in [6.45, 7) is 1.67. The molecule has 7 heteroatoms. The number of rotatable bonds is 13. The lowest BCUT2D eigenvalue weighted by Gasteiger charge is -2.11. The predicted octanol–water partition coefficient (Wildman–Crippen LogP) is 0.0281. The molecule has 0 bridgehead atoms. The van der Waals surface area contributed by atoms with Gasteiger partial charge in [0.15, 0.2) is 0 Å². The molecular weight excluding hydrogens is 268 g/mol. The SMILES string of the molecule is NCCCCCOCC(O)CSCCC(N)C(=O)O. The van der Waals surface area contributed by atoms with Crippen LogP contribution in [0.2, 0.25) is 0 Å². The molecule has 114 valence electrons. The fraction of sp³-hybridized carbons (Fsp3) is 0.917. The number of carboxylic acid groups (broad SMARTS) is 1. The summed E-state index contributed by atoms with van der Waals surface area (Å²) in [5.41, 5.74) is 10.7. The molecule has 0 aromatic rings. The lowest BCUT2D eigenvalue weighted by Crippen LogP contribution is -2.30. The second-order valence-corrected chi connectivity index (χ2v) is 5.54. The molecule has 6 nitrogen and oxygen atoms in total. The maximum Gasteiger partial charge on any atom is 0.320 e. The Morgan fingerprint density at radius 3 is 2.68 bits per heavy atom. The van der Waals surface area contributed by atoms with Crippen LogP contribution in [0.25, 0.3) is 0 Å². The van der Waals surface area contributed by atoms with E-state index in [0.29, 0.717) is 37.7 Å². The summed E-state index contributed by atoms with van der Waals surface area (Å²) < 4.78 is 5.34. The van der Waals surface area contributed by atoms with E-state index in [1.165, 1.54) is 11.8 Å². The number of carbonyl (C=O) groups is 1. The Morgan fingerprint density at radius 2 is 2.05 bits per heavy atom. The van der Waals surface area contributed by atoms with E-state index in [4.69, 9.17) is 21.3 Å². The molecule has 0 aromatic heterocycles. The topological polar surface area (TPSA) is 119 Å². The lowest BCUT2D eigenvalue weighted by atomic mass is 10.2. The molecule has 19 heavy (non-hydrogen) atoms. The van der Waals surface area contributed by atoms with Gasteiger partial charge in [-0.15, -0.1) is 0 Å². The number of hydrogen-bond donors (Lipinski definition) is 4. The predicted molar refractivity (Wildman–Crippen MR) is 77.3 cm³/mol. The summed E-state index contributed by atoms with van der Waals surface area (Å²) >= 11 is 1.49. The highest BCUT2D eigenvalue weighted by atomic mass is 32.2. The van der Waals surface area contributed by atoms with Crippen molar-refractivity contribution in [3.63, 3.8) is 0 Å². The fourth-order valence-corrected chi connectivity index (χ4v) is 2.30. The Kier molecular flexibility index (Phi) is 12.5. The van der Waals surface area contributed by atoms with Crippen molar-refractivity contribution < 1.29 is 19.7 Å². The third kappa shape index (κ3) is 12.4. The van der Waals surface area contributed by atoms with E-state index < -0.39 is 18.1 Å². The standard InChI is InChI=1S/C12H26N2O4S/c13-5-2-1-3-6-18-8-10(15)9-19-7-4-11(14)12(16)17/h10-11,15H,1-9,13-14H2,(H,16,17). The van der Waals surface area contributed by atoms with Crippen LogP contribution in [0.5, 0.6) is 0 Å². The normalized spacial score (nSPS) is 14.3. The monoisotopic (exact) mass is 294 g/mol. The van der Waals surface area contributed by atoms with Crippen LogP contribution in [-0.4, -0.2) is 59.6 Å². The highest BCUT2D eigenvalue weighted by molar-refractivity contribution is 7.99. The summed E-state index contributed by atoms with van der Waals surface area (Å²) in [6, 6.07) is -0.816. The average Bonchev–Trinajstić information content (AvgIpc) is 2.38. The zero-order valence-corrected chi connectivity index (χ0v) is 12.1. The Hall–Kier alpha value is -0.340. The molecule has 0 aliphatic carbocycles. The molecule has 0 spiro atoms. The van der Waals surface area contributed by atoms with Gasteiger partial charge in [-0.05, 0) is 38.0 Å². The number of aliphatic hydroxyl groups excluding tert-OH is 1. The molecule has 0 aliphatic heterocycles. The van der Waals surface area contributed by atoms with Gasteiger partial charge in [0.25, 0.3) is 0 Å². The minimum atomic E-state index is -0.984. The van der Waals surface area contributed by atoms with Gasteiger partial charge in [-0.2, -0.15) is 11.8 Å². The Labute approximate surface area is 118 Å². The number of thioether (sulfide) groups is 1. The van der Waals surface area contributed by atoms with Crippen molar-refractivity contribution >= 4 is 17.7 Å². The van der Waals surface area contributed by atoms with Crippen molar-refractivity contribution in [3.8, 4) is 0 Å². The first-order valence-corrected chi connectivity index (χ1v) is 7.75. The third-order valence-corrected chi connectivity index (χ3v) is 3.65. The number of ether oxygens (including phenoxy) is 1. The van der Waals surface area contributed by atoms with Gasteiger partial charge in [0.1, 0.15) is 6.04 Å². The molecule has 0 amide bonds. The van der Waals surface area contributed by atoms with Gasteiger partial charge >= 0.3 is 5.97 Å². The second kappa shape index (κ2) is 12.7. The molecule has 6 N–H and O–H groups in total. The number of hydrogen-bond acceptors (Lipinski definition) is 6. The molecular formula is C12H26N2O4S. The highest BCUT2D eigenvalue weighted by Crippen LogP contribution is 2.07. The van der Waals surface area contributed by atoms with Gasteiger partial charge in [-0.3, -0.25) is 4.79 Å². The van der Waals surface area contributed by atoms with Crippen LogP contribution in [0, 0.1) is 0 Å². The molecule has 0 aliphatic rings. The Bertz CT molecular complexity index is 232. The van der Waals surface area contributed by atoms with Crippen molar-refractivity contribution in [2.75, 3.05) is 31.3 Å². The van der Waals surface area contributed by atoms with E-state index >= 15 is 0 Å². The summed E-state index contributed by atoms with van der Waals surface area (Å²) in [5.74, 6) is 0.179. The molecule has 2 unspecified atom stereocenters. The molecule has 0 saturated heterocycles. The Morgan fingerprint density at radius 1 is 1.32 bits per heavy atom. The van der Waals surface area contributed by atoms with E-state index in [1.54, 1.807) is 0 Å². The zero-order chi connectivity index (χ0) is 14.5. The van der Waals surface area contributed by atoms with Crippen molar-refractivity contribution in [1.82, 2.24) is 0 Å². The molecule has 2 atom stereocenters. The second-order valence-electron chi connectivity index (χ2n) is 4.39. The van der Waals surface area contributed by atoms with Crippen LogP contribution in [0.15, 0.2) is 0 Å². The first-order valence-electron chi connectivity index (χ1n) is 6.60. The zero-order valence-electron chi connectivity index (χ0n) is 11.3. The van der Waals surface area contributed by atoms with Gasteiger partial charge in [0.2, 0.25) is 0 Å². The van der Waals surface area contributed by atoms with Crippen LogP contribution in [0.1, 0.15) is 25.7 Å². The van der Waals surface area contributed by atoms with Gasteiger partial charge in [0, 0.05) is 12.4 Å². The first kappa shape index (κ1) is 18.7. The number of aliphatic hydroxyl groups is 1. The molecule has 0 radical (unpaired) electrons. The maximum absolute atomic E-state index is 10.5. The van der Waals surface area contributed by atoms with Gasteiger partial charge < -0.3 is 26.4 Å². The number of nitrogens with two attached hydrogens (primary N) is 2. The van der Waals surface area contributed by atoms with Crippen LogP contribution in [0.3, 0.4) is 0 Å². The van der Waals surface area contributed by atoms with E-state index in [-0.39, 0.29) is 0 Å². The van der Waals surface area contributed by atoms with Gasteiger partial charge in [-0.1, -0.05) is 0 Å². The summed E-state index contributed by atoms with van der Waals surface area (Å²) in [7, 11) is 0. The number of carboxylic acids is 1. The van der Waals surface area contributed by atoms with E-state index in [2.05, 4.69) is 0 Å². The number of unbranched alkanes of at least 4 members (excludes halogenated alkanes) is 2. The Balaban J connectivity index is 3.30. The maximum atomic E-state index is 10.5. The highest BCUT2D eigenvalue weighted by Gasteiger charge is 2.11. The average molecular weight is 294 g/mol. The minimum Gasteiger partial charge on any atom is -0.480 e. The summed E-state index contributed by atoms with van der Waals surface area (Å²) in [4.78, 5) is 10.5. The van der Waals surface area contributed by atoms with E-state index in [0.717, 1.165) is 19.3 Å². The van der Waals surface area contributed by atoms with E-state index in [9.17, 15) is 9.90 Å². The van der Waals surface area contributed by atoms with Crippen LogP contribution in [-0.2, 0) is 9.53 Å². The van der Waals surface area contributed by atoms with Crippen LogP contribution >= 0.6 is 11.8 Å². The molecule has 0 heterocycles. The van der Waals surface area contributed by atoms with E-state index in [1.807, 2.05) is 0 Å². The fourth-order valence-electron chi connectivity index (χ4n) is 1.35. The van der Waals surface area contributed by atoms with Crippen molar-refractivity contribution in [2.45, 2.75) is 37.8 Å². The molecule has 0 fully saturated rings. The van der Waals surface area contributed by atoms with Gasteiger partial charge in [0.05, 0.1) is 12.7 Å². The number of aliphatic carboxylic acids is 1. The molecule has 0 saturated carbocycles. The molecule has 0 rings (SSSR count). The largest absolute Gasteiger partial charge is 0.480 e. The molecule has 0 aromatic carbocycles. The van der Waals surface area contributed by atoms with Crippen molar-refractivity contribution in [1.29, 1.82) is 0 Å². The first-order chi connectivity index (χ1) is 9.07. The van der Waals surface area contributed by atoms with Crippen LogP contribution < -0.4 is 11.5 Å². The van der Waals surface area contributed by atoms with Crippen LogP contribution in [0.4, 0.5) is 0 Å². The van der Waals surface area contributed by atoms with Gasteiger partial charge in [-0.25, -0.2) is 0 Å². The third-order valence-electron chi connectivity index (χ3n) is 2.50. The summed E-state index contributed by atoms with van der Waals surface area (Å²) in [6.07, 6.45) is 2.91.